The van der Waals surface area contributed by atoms with E-state index in [4.69, 9.17) is 25.5 Å². The van der Waals surface area contributed by atoms with Crippen molar-refractivity contribution >= 4 is 45.1 Å². The average molecular weight is 496 g/mol. The Hall–Kier alpha value is -3.49. The summed E-state index contributed by atoms with van der Waals surface area (Å²) in [6, 6.07) is 10.3. The molecule has 0 atom stereocenters. The summed E-state index contributed by atoms with van der Waals surface area (Å²) in [5, 5.41) is 4.64. The third-order valence-corrected chi connectivity index (χ3v) is 6.65. The molecule has 182 valence electrons. The molecule has 0 spiro atoms. The van der Waals surface area contributed by atoms with E-state index in [1.165, 1.54) is 0 Å². The number of aromatic amines is 1. The number of halogens is 1. The lowest BCUT2D eigenvalue weighted by Gasteiger charge is -2.30. The summed E-state index contributed by atoms with van der Waals surface area (Å²) in [7, 11) is 3.67. The summed E-state index contributed by atoms with van der Waals surface area (Å²) in [6.07, 6.45) is 1.88. The fourth-order valence-corrected chi connectivity index (χ4v) is 4.63. The molecule has 2 aromatic heterocycles. The summed E-state index contributed by atoms with van der Waals surface area (Å²) in [4.78, 5) is 30.9. The number of methoxy groups -OCH3 is 1. The van der Waals surface area contributed by atoms with Crippen LogP contribution in [0.1, 0.15) is 28.9 Å². The van der Waals surface area contributed by atoms with Crippen LogP contribution in [0.25, 0.3) is 21.9 Å². The Kier molecular flexibility index (Phi) is 6.17. The van der Waals surface area contributed by atoms with Crippen molar-refractivity contribution in [3.05, 3.63) is 63.1 Å². The van der Waals surface area contributed by atoms with Crippen LogP contribution in [0, 0.1) is 6.92 Å². The number of aromatic nitrogens is 1. The molecule has 2 aromatic carbocycles. The molecule has 1 fully saturated rings. The minimum atomic E-state index is -0.650. The van der Waals surface area contributed by atoms with Gasteiger partial charge in [-0.05, 0) is 63.2 Å². The van der Waals surface area contributed by atoms with Crippen molar-refractivity contribution in [3.63, 3.8) is 0 Å². The van der Waals surface area contributed by atoms with E-state index < -0.39 is 11.5 Å². The second-order valence-corrected chi connectivity index (χ2v) is 9.32. The van der Waals surface area contributed by atoms with Crippen molar-refractivity contribution in [1.82, 2.24) is 9.88 Å². The Morgan fingerprint density at radius 2 is 1.94 bits per heavy atom. The normalized spacial score (nSPS) is 15.0. The van der Waals surface area contributed by atoms with E-state index in [-0.39, 0.29) is 11.8 Å². The molecule has 4 aromatic rings. The van der Waals surface area contributed by atoms with E-state index in [0.29, 0.717) is 38.7 Å². The number of nitrogens with one attached hydrogen (secondary N) is 2. The van der Waals surface area contributed by atoms with Crippen LogP contribution >= 0.6 is 11.6 Å². The van der Waals surface area contributed by atoms with Crippen LogP contribution in [0.2, 0.25) is 5.02 Å². The molecule has 1 saturated heterocycles. The van der Waals surface area contributed by atoms with Gasteiger partial charge in [0.05, 0.1) is 7.11 Å². The van der Waals surface area contributed by atoms with Gasteiger partial charge in [0.15, 0.2) is 11.5 Å². The highest BCUT2D eigenvalue weighted by molar-refractivity contribution is 6.31. The molecule has 1 aliphatic heterocycles. The second-order valence-electron chi connectivity index (χ2n) is 8.89. The summed E-state index contributed by atoms with van der Waals surface area (Å²) in [5.41, 5.74) is 1.53. The highest BCUT2D eigenvalue weighted by atomic mass is 35.5. The minimum Gasteiger partial charge on any atom is -0.493 e. The third kappa shape index (κ3) is 4.59. The monoisotopic (exact) mass is 495 g/mol. The predicted molar refractivity (Wildman–Crippen MR) is 136 cm³/mol. The molecular formula is C26H26ClN3O5. The Labute approximate surface area is 206 Å². The van der Waals surface area contributed by atoms with Gasteiger partial charge in [-0.1, -0.05) is 11.6 Å². The number of amides is 1. The lowest BCUT2D eigenvalue weighted by Crippen LogP contribution is -2.35. The van der Waals surface area contributed by atoms with Crippen molar-refractivity contribution in [2.45, 2.75) is 25.9 Å². The quantitative estimate of drug-likeness (QED) is 0.379. The van der Waals surface area contributed by atoms with Crippen molar-refractivity contribution in [3.8, 4) is 11.5 Å². The molecule has 35 heavy (non-hydrogen) atoms. The predicted octanol–water partition coefficient (Wildman–Crippen LogP) is 4.97. The molecule has 3 heterocycles. The standard InChI is InChI=1S/C26H26ClN3O5/c1-14-23-16(13-22(33-3)24(14)34-18-6-8-30(2)9-7-18)12-21(26(32)35-23)29-25(31)20-11-15-10-17(27)4-5-19(15)28-20/h4-5,10-13,18,28H,6-9H2,1-3H3,(H,29,31). The fourth-order valence-electron chi connectivity index (χ4n) is 4.45. The summed E-state index contributed by atoms with van der Waals surface area (Å²) < 4.78 is 17.5. The molecule has 0 bridgehead atoms. The lowest BCUT2D eigenvalue weighted by molar-refractivity contribution is 0.102. The molecule has 0 aliphatic carbocycles. The molecule has 1 aliphatic rings. The van der Waals surface area contributed by atoms with Crippen molar-refractivity contribution in [2.24, 2.45) is 0 Å². The second kappa shape index (κ2) is 9.28. The Bertz CT molecular complexity index is 1480. The number of likely N-dealkylation sites (tertiary alicyclic amines) is 1. The maximum atomic E-state index is 12.8. The number of carbonyl (C=O) groups is 1. The molecule has 8 nitrogen and oxygen atoms in total. The number of fused-ring (bicyclic) bond motifs is 2. The van der Waals surface area contributed by atoms with Gasteiger partial charge in [0.2, 0.25) is 0 Å². The van der Waals surface area contributed by atoms with Crippen LogP contribution in [0.15, 0.2) is 45.6 Å². The van der Waals surface area contributed by atoms with E-state index >= 15 is 0 Å². The maximum absolute atomic E-state index is 12.8. The van der Waals surface area contributed by atoms with Crippen LogP contribution in [0.4, 0.5) is 5.69 Å². The van der Waals surface area contributed by atoms with Gasteiger partial charge in [-0.15, -0.1) is 0 Å². The average Bonchev–Trinajstić information content (AvgIpc) is 3.26. The first kappa shape index (κ1) is 23.3. The van der Waals surface area contributed by atoms with Crippen molar-refractivity contribution < 1.29 is 18.7 Å². The zero-order valence-electron chi connectivity index (χ0n) is 19.7. The fraction of sp³-hybridized carbons (Fsp3) is 0.308. The topological polar surface area (TPSA) is 96.8 Å². The van der Waals surface area contributed by atoms with Gasteiger partial charge in [0, 0.05) is 40.0 Å². The highest BCUT2D eigenvalue weighted by Crippen LogP contribution is 2.38. The van der Waals surface area contributed by atoms with Gasteiger partial charge in [0.1, 0.15) is 23.1 Å². The molecule has 1 amide bonds. The van der Waals surface area contributed by atoms with E-state index in [2.05, 4.69) is 22.2 Å². The number of nitrogens with zero attached hydrogens (tertiary/aromatic N) is 1. The smallest absolute Gasteiger partial charge is 0.360 e. The molecule has 5 rings (SSSR count). The molecule has 0 radical (unpaired) electrons. The highest BCUT2D eigenvalue weighted by Gasteiger charge is 2.23. The largest absolute Gasteiger partial charge is 0.493 e. The summed E-state index contributed by atoms with van der Waals surface area (Å²) in [6.45, 7) is 3.76. The van der Waals surface area contributed by atoms with Gasteiger partial charge < -0.3 is 29.1 Å². The van der Waals surface area contributed by atoms with E-state index in [1.807, 2.05) is 6.92 Å². The van der Waals surface area contributed by atoms with Gasteiger partial charge in [-0.2, -0.15) is 0 Å². The van der Waals surface area contributed by atoms with Gasteiger partial charge in [-0.25, -0.2) is 4.79 Å². The lowest BCUT2D eigenvalue weighted by atomic mass is 10.1. The summed E-state index contributed by atoms with van der Waals surface area (Å²) >= 11 is 6.03. The molecule has 0 saturated carbocycles. The molecule has 2 N–H and O–H groups in total. The van der Waals surface area contributed by atoms with Crippen molar-refractivity contribution in [2.75, 3.05) is 32.6 Å². The van der Waals surface area contributed by atoms with Crippen LogP contribution in [-0.2, 0) is 0 Å². The number of rotatable bonds is 5. The summed E-state index contributed by atoms with van der Waals surface area (Å²) in [5.74, 6) is 0.661. The minimum absolute atomic E-state index is 0.0321. The zero-order chi connectivity index (χ0) is 24.7. The first-order chi connectivity index (χ1) is 16.8. The van der Waals surface area contributed by atoms with Crippen molar-refractivity contribution in [1.29, 1.82) is 0 Å². The third-order valence-electron chi connectivity index (χ3n) is 6.41. The Morgan fingerprint density at radius 1 is 1.17 bits per heavy atom. The molecular weight excluding hydrogens is 470 g/mol. The number of H-pyrrole nitrogens is 1. The van der Waals surface area contributed by atoms with Crippen LogP contribution in [-0.4, -0.2) is 49.1 Å². The number of hydrogen-bond donors (Lipinski definition) is 2. The van der Waals surface area contributed by atoms with E-state index in [9.17, 15) is 9.59 Å². The first-order valence-electron chi connectivity index (χ1n) is 11.4. The number of anilines is 1. The molecule has 9 heteroatoms. The number of benzene rings is 2. The zero-order valence-corrected chi connectivity index (χ0v) is 20.5. The number of aryl methyl sites for hydroxylation is 1. The van der Waals surface area contributed by atoms with Crippen LogP contribution < -0.4 is 20.4 Å². The van der Waals surface area contributed by atoms with E-state index in [0.717, 1.165) is 36.8 Å². The van der Waals surface area contributed by atoms with Gasteiger partial charge in [0.25, 0.3) is 5.91 Å². The van der Waals surface area contributed by atoms with Gasteiger partial charge in [-0.3, -0.25) is 4.79 Å². The Morgan fingerprint density at radius 3 is 2.69 bits per heavy atom. The van der Waals surface area contributed by atoms with Gasteiger partial charge >= 0.3 is 5.63 Å². The number of hydrogen-bond acceptors (Lipinski definition) is 6. The SMILES string of the molecule is COc1cc2cc(NC(=O)c3cc4cc(Cl)ccc4[nH]3)c(=O)oc2c(C)c1OC1CCN(C)CC1. The first-order valence-corrected chi connectivity index (χ1v) is 11.8. The van der Waals surface area contributed by atoms with Crippen LogP contribution in [0.5, 0.6) is 11.5 Å². The van der Waals surface area contributed by atoms with E-state index in [1.54, 1.807) is 43.5 Å². The van der Waals surface area contributed by atoms with Crippen LogP contribution in [0.3, 0.4) is 0 Å². The number of ether oxygens (including phenoxy) is 2. The molecule has 0 unspecified atom stereocenters. The number of carbonyl (C=O) groups excluding carboxylic acids is 1. The number of piperidine rings is 1. The Balaban J connectivity index is 1.45. The maximum Gasteiger partial charge on any atom is 0.360 e.